The Morgan fingerprint density at radius 2 is 1.52 bits per heavy atom. The zero-order valence-electron chi connectivity index (χ0n) is 14.4. The van der Waals surface area contributed by atoms with Crippen LogP contribution in [-0.4, -0.2) is 41.1 Å². The van der Waals surface area contributed by atoms with Crippen LogP contribution in [0.25, 0.3) is 0 Å². The van der Waals surface area contributed by atoms with Gasteiger partial charge >= 0.3 is 0 Å². The third kappa shape index (κ3) is 8.27. The van der Waals surface area contributed by atoms with E-state index in [1.54, 1.807) is 0 Å². The first-order valence-electron chi connectivity index (χ1n) is 9.07. The lowest BCUT2D eigenvalue weighted by Crippen LogP contribution is -2.37. The lowest BCUT2D eigenvalue weighted by molar-refractivity contribution is 0.313. The Balaban J connectivity index is 2.63. The predicted molar refractivity (Wildman–Crippen MR) is 136 cm³/mol. The zero-order chi connectivity index (χ0) is 17.4. The van der Waals surface area contributed by atoms with Crippen molar-refractivity contribution < 1.29 is 0 Å². The molecule has 0 aromatic rings. The normalized spacial score (nSPS) is 28.8. The molecule has 14 unspecified atom stereocenters. The van der Waals surface area contributed by atoms with E-state index in [1.165, 1.54) is 57.0 Å². The molecule has 7 heteroatoms. The lowest BCUT2D eigenvalue weighted by atomic mass is 9.81. The van der Waals surface area contributed by atoms with E-state index in [9.17, 15) is 0 Å². The van der Waals surface area contributed by atoms with Crippen LogP contribution in [0.5, 0.6) is 0 Å². The highest BCUT2D eigenvalue weighted by atomic mass is 31.0. The Morgan fingerprint density at radius 3 is 2.04 bits per heavy atom. The zero-order valence-corrected chi connectivity index (χ0v) is 22.5. The second-order valence-corrected chi connectivity index (χ2v) is 12.3. The molecule has 23 heavy (non-hydrogen) atoms. The van der Waals surface area contributed by atoms with Crippen molar-refractivity contribution in [3.8, 4) is 0 Å². The van der Waals surface area contributed by atoms with Gasteiger partial charge in [-0.05, 0) is 84.6 Å². The van der Waals surface area contributed by atoms with Crippen LogP contribution in [-0.2, 0) is 0 Å². The van der Waals surface area contributed by atoms with Crippen molar-refractivity contribution in [3.63, 3.8) is 0 Å². The monoisotopic (exact) mass is 448 g/mol. The van der Waals surface area contributed by atoms with Gasteiger partial charge in [0.15, 0.2) is 0 Å². The van der Waals surface area contributed by atoms with Crippen LogP contribution in [0.4, 0.5) is 0 Å². The summed E-state index contributed by atoms with van der Waals surface area (Å²) in [6.07, 6.45) is 12.1. The Hall–Kier alpha value is 3.01. The highest BCUT2D eigenvalue weighted by Gasteiger charge is 2.32. The van der Waals surface area contributed by atoms with Gasteiger partial charge < -0.3 is 0 Å². The Kier molecular flexibility index (Phi) is 13.8. The van der Waals surface area contributed by atoms with Crippen molar-refractivity contribution in [1.29, 1.82) is 0 Å². The molecule has 0 heterocycles. The molecule has 1 rings (SSSR count). The fourth-order valence-electron chi connectivity index (χ4n) is 4.10. The summed E-state index contributed by atoms with van der Waals surface area (Å²) in [5.74, 6) is 2.50. The quantitative estimate of drug-likeness (QED) is 0.422. The average molecular weight is 448 g/mol. The molecule has 14 atom stereocenters. The molecule has 0 aromatic carbocycles. The summed E-state index contributed by atoms with van der Waals surface area (Å²) in [6, 6.07) is 0. The van der Waals surface area contributed by atoms with E-state index >= 15 is 0 Å². The van der Waals surface area contributed by atoms with Crippen molar-refractivity contribution >= 4 is 64.7 Å². The summed E-state index contributed by atoms with van der Waals surface area (Å²) in [5.41, 5.74) is 3.05. The van der Waals surface area contributed by atoms with E-state index in [0.717, 1.165) is 34.7 Å². The fraction of sp³-hybridized carbons (Fsp3) is 1.00. The molecule has 0 N–H and O–H groups in total. The minimum Gasteiger partial charge on any atom is -0.138 e. The van der Waals surface area contributed by atoms with Gasteiger partial charge in [-0.3, -0.25) is 0 Å². The average Bonchev–Trinajstić information content (AvgIpc) is 2.51. The van der Waals surface area contributed by atoms with Crippen LogP contribution < -0.4 is 0 Å². The first kappa shape index (κ1) is 24.0. The van der Waals surface area contributed by atoms with E-state index in [1.807, 2.05) is 0 Å². The maximum Gasteiger partial charge on any atom is -0.0167 e. The van der Waals surface area contributed by atoms with E-state index in [4.69, 9.17) is 0 Å². The third-order valence-corrected chi connectivity index (χ3v) is 10.6. The second kappa shape index (κ2) is 13.2. The molecule has 0 nitrogen and oxygen atoms in total. The lowest BCUT2D eigenvalue weighted by Gasteiger charge is -2.38. The summed E-state index contributed by atoms with van der Waals surface area (Å²) in [6.45, 7) is 0. The van der Waals surface area contributed by atoms with Gasteiger partial charge in [-0.25, -0.2) is 0 Å². The van der Waals surface area contributed by atoms with Crippen LogP contribution in [0, 0.1) is 17.8 Å². The third-order valence-electron chi connectivity index (χ3n) is 5.56. The highest BCUT2D eigenvalue weighted by molar-refractivity contribution is 7.23. The fourth-order valence-corrected chi connectivity index (χ4v) is 9.38. The van der Waals surface area contributed by atoms with E-state index < -0.39 is 0 Å². The maximum atomic E-state index is 3.22. The molecular formula is C16H39P7. The standard InChI is InChI=1S/C16H39P7/c17-5-4-14(21)12(8-18)13(9-19)16(23)15(22)7-10-2-1-3-11(20)6-10/h10-16H,1-9,17-23H2. The SMILES string of the molecule is PCCC(P)C(CP)C(CP)C(P)C(P)CC1CCCC(P)C1. The summed E-state index contributed by atoms with van der Waals surface area (Å²) in [7, 11) is 21.6. The summed E-state index contributed by atoms with van der Waals surface area (Å²) in [5, 5.41) is 0. The van der Waals surface area contributed by atoms with E-state index in [-0.39, 0.29) is 0 Å². The molecule has 0 bridgehead atoms. The van der Waals surface area contributed by atoms with Crippen LogP contribution in [0.1, 0.15) is 38.5 Å². The number of rotatable bonds is 10. The highest BCUT2D eigenvalue weighted by Crippen LogP contribution is 2.40. The molecule has 0 aromatic heterocycles. The topological polar surface area (TPSA) is 0 Å². The Morgan fingerprint density at radius 1 is 0.870 bits per heavy atom. The van der Waals surface area contributed by atoms with Gasteiger partial charge in [-0.15, -0.1) is 64.7 Å². The summed E-state index contributed by atoms with van der Waals surface area (Å²) < 4.78 is 0. The van der Waals surface area contributed by atoms with Crippen molar-refractivity contribution in [2.24, 2.45) is 17.8 Å². The molecule has 138 valence electrons. The largest absolute Gasteiger partial charge is 0.138 e. The van der Waals surface area contributed by atoms with Crippen molar-refractivity contribution in [3.05, 3.63) is 0 Å². The van der Waals surface area contributed by atoms with E-state index in [2.05, 4.69) is 64.7 Å². The van der Waals surface area contributed by atoms with Gasteiger partial charge in [0.05, 0.1) is 0 Å². The molecule has 0 saturated heterocycles. The maximum absolute atomic E-state index is 3.22. The molecule has 1 aliphatic carbocycles. The van der Waals surface area contributed by atoms with Gasteiger partial charge in [0.1, 0.15) is 0 Å². The minimum atomic E-state index is 0.709. The summed E-state index contributed by atoms with van der Waals surface area (Å²) in [4.78, 5) is 0. The molecule has 0 spiro atoms. The van der Waals surface area contributed by atoms with Gasteiger partial charge in [0.2, 0.25) is 0 Å². The molecular weight excluding hydrogens is 409 g/mol. The minimum absolute atomic E-state index is 0.709. The molecule has 1 fully saturated rings. The first-order valence-corrected chi connectivity index (χ1v) is 14.2. The first-order chi connectivity index (χ1) is 10.9. The van der Waals surface area contributed by atoms with E-state index in [0.29, 0.717) is 5.66 Å². The Bertz CT molecular complexity index is 315. The van der Waals surface area contributed by atoms with Gasteiger partial charge in [-0.2, -0.15) is 0 Å². The second-order valence-electron chi connectivity index (χ2n) is 7.31. The van der Waals surface area contributed by atoms with Crippen molar-refractivity contribution in [1.82, 2.24) is 0 Å². The summed E-state index contributed by atoms with van der Waals surface area (Å²) >= 11 is 0. The molecule has 1 aliphatic rings. The van der Waals surface area contributed by atoms with Crippen LogP contribution in [0.2, 0.25) is 0 Å². The number of hydrogen-bond donors (Lipinski definition) is 0. The van der Waals surface area contributed by atoms with Crippen LogP contribution in [0.15, 0.2) is 0 Å². The predicted octanol–water partition coefficient (Wildman–Crippen LogP) is 4.79. The van der Waals surface area contributed by atoms with Crippen LogP contribution in [0.3, 0.4) is 0 Å². The van der Waals surface area contributed by atoms with Crippen molar-refractivity contribution in [2.45, 2.75) is 61.2 Å². The molecule has 0 aliphatic heterocycles. The van der Waals surface area contributed by atoms with Crippen LogP contribution >= 0.6 is 64.7 Å². The molecule has 0 radical (unpaired) electrons. The molecule has 1 saturated carbocycles. The smallest absolute Gasteiger partial charge is 0.0167 e. The van der Waals surface area contributed by atoms with Crippen molar-refractivity contribution in [2.75, 3.05) is 18.5 Å². The van der Waals surface area contributed by atoms with Gasteiger partial charge in [0, 0.05) is 0 Å². The Labute approximate surface area is 162 Å². The number of hydrogen-bond acceptors (Lipinski definition) is 0. The van der Waals surface area contributed by atoms with Gasteiger partial charge in [0.25, 0.3) is 0 Å². The molecule has 0 amide bonds. The van der Waals surface area contributed by atoms with Gasteiger partial charge in [-0.1, -0.05) is 12.8 Å².